The summed E-state index contributed by atoms with van der Waals surface area (Å²) in [6.07, 6.45) is 3.51. The van der Waals surface area contributed by atoms with Gasteiger partial charge >= 0.3 is 5.97 Å². The summed E-state index contributed by atoms with van der Waals surface area (Å²) in [5.41, 5.74) is 0.0699. The van der Waals surface area contributed by atoms with Crippen LogP contribution in [0.4, 0.5) is 5.69 Å². The van der Waals surface area contributed by atoms with Crippen molar-refractivity contribution in [3.63, 3.8) is 0 Å². The molecule has 0 radical (unpaired) electrons. The predicted molar refractivity (Wildman–Crippen MR) is 70.5 cm³/mol. The molecule has 3 N–H and O–H groups in total. The highest BCUT2D eigenvalue weighted by molar-refractivity contribution is 5.95. The van der Waals surface area contributed by atoms with E-state index in [-0.39, 0.29) is 29.3 Å². The molecule has 0 bridgehead atoms. The lowest BCUT2D eigenvalue weighted by Crippen LogP contribution is -2.15. The maximum atomic E-state index is 11.7. The van der Waals surface area contributed by atoms with Crippen LogP contribution in [0, 0.1) is 0 Å². The van der Waals surface area contributed by atoms with E-state index in [9.17, 15) is 14.7 Å². The summed E-state index contributed by atoms with van der Waals surface area (Å²) in [4.78, 5) is 22.6. The average Bonchev–Trinajstić information content (AvgIpc) is 2.92. The lowest BCUT2D eigenvalue weighted by atomic mass is 10.2. The van der Waals surface area contributed by atoms with Gasteiger partial charge in [0.1, 0.15) is 5.75 Å². The van der Waals surface area contributed by atoms with Gasteiger partial charge in [-0.05, 0) is 24.3 Å². The van der Waals surface area contributed by atoms with Gasteiger partial charge in [0, 0.05) is 25.4 Å². The van der Waals surface area contributed by atoms with Crippen LogP contribution in [0.3, 0.4) is 0 Å². The first-order valence-electron chi connectivity index (χ1n) is 5.90. The third kappa shape index (κ3) is 3.35. The van der Waals surface area contributed by atoms with Crippen molar-refractivity contribution < 1.29 is 19.8 Å². The van der Waals surface area contributed by atoms with Crippen molar-refractivity contribution in [2.45, 2.75) is 13.0 Å². The minimum atomic E-state index is -1.13. The standard InChI is InChI=1S/C13H13N3O4/c17-11-3-2-9(13(19)20)8-10(11)15-12(18)4-7-16-6-1-5-14-16/h1-3,5-6,8,17H,4,7H2,(H,15,18)(H,19,20). The SMILES string of the molecule is O=C(CCn1cccn1)Nc1cc(C(=O)O)ccc1O. The lowest BCUT2D eigenvalue weighted by molar-refractivity contribution is -0.116. The molecule has 0 unspecified atom stereocenters. The minimum Gasteiger partial charge on any atom is -0.506 e. The first-order valence-corrected chi connectivity index (χ1v) is 5.90. The van der Waals surface area contributed by atoms with Crippen LogP contribution in [0.25, 0.3) is 0 Å². The van der Waals surface area contributed by atoms with Crippen LogP contribution in [-0.4, -0.2) is 31.9 Å². The molecule has 1 amide bonds. The molecule has 7 nitrogen and oxygen atoms in total. The Morgan fingerprint density at radius 2 is 2.15 bits per heavy atom. The largest absolute Gasteiger partial charge is 0.506 e. The first-order chi connectivity index (χ1) is 9.56. The molecule has 2 aromatic rings. The van der Waals surface area contributed by atoms with E-state index >= 15 is 0 Å². The number of nitrogens with zero attached hydrogens (tertiary/aromatic N) is 2. The molecule has 0 atom stereocenters. The summed E-state index contributed by atoms with van der Waals surface area (Å²) in [7, 11) is 0. The summed E-state index contributed by atoms with van der Waals surface area (Å²) in [5, 5.41) is 24.9. The first kappa shape index (κ1) is 13.6. The predicted octanol–water partition coefficient (Wildman–Crippen LogP) is 1.32. The van der Waals surface area contributed by atoms with Crippen LogP contribution in [0.15, 0.2) is 36.7 Å². The number of aromatic hydroxyl groups is 1. The highest BCUT2D eigenvalue weighted by Gasteiger charge is 2.10. The number of carboxylic acids is 1. The van der Waals surface area contributed by atoms with Crippen molar-refractivity contribution in [2.75, 3.05) is 5.32 Å². The zero-order valence-corrected chi connectivity index (χ0v) is 10.5. The fourth-order valence-corrected chi connectivity index (χ4v) is 1.63. The van der Waals surface area contributed by atoms with Crippen molar-refractivity contribution in [3.8, 4) is 5.75 Å². The fraction of sp³-hybridized carbons (Fsp3) is 0.154. The third-order valence-corrected chi connectivity index (χ3v) is 2.64. The van der Waals surface area contributed by atoms with Gasteiger partial charge in [-0.15, -0.1) is 0 Å². The number of rotatable bonds is 5. The van der Waals surface area contributed by atoms with Crippen molar-refractivity contribution in [1.29, 1.82) is 0 Å². The molecule has 20 heavy (non-hydrogen) atoms. The van der Waals surface area contributed by atoms with E-state index in [2.05, 4.69) is 10.4 Å². The summed E-state index contributed by atoms with van der Waals surface area (Å²) in [6.45, 7) is 0.401. The number of aromatic nitrogens is 2. The summed E-state index contributed by atoms with van der Waals surface area (Å²) in [6, 6.07) is 5.45. The number of hydrogen-bond donors (Lipinski definition) is 3. The molecule has 0 aliphatic carbocycles. The van der Waals surface area contributed by atoms with Gasteiger partial charge < -0.3 is 15.5 Å². The van der Waals surface area contributed by atoms with E-state index in [0.717, 1.165) is 0 Å². The van der Waals surface area contributed by atoms with E-state index in [1.165, 1.54) is 18.2 Å². The number of aromatic carboxylic acids is 1. The van der Waals surface area contributed by atoms with Gasteiger partial charge in [-0.1, -0.05) is 0 Å². The Morgan fingerprint density at radius 1 is 1.35 bits per heavy atom. The van der Waals surface area contributed by atoms with Crippen LogP contribution in [0.1, 0.15) is 16.8 Å². The van der Waals surface area contributed by atoms with Crippen molar-refractivity contribution in [3.05, 3.63) is 42.2 Å². The number of amides is 1. The Bertz CT molecular complexity index is 623. The van der Waals surface area contributed by atoms with Gasteiger partial charge in [0.2, 0.25) is 5.91 Å². The van der Waals surface area contributed by atoms with Crippen LogP contribution >= 0.6 is 0 Å². The molecule has 104 valence electrons. The number of anilines is 1. The summed E-state index contributed by atoms with van der Waals surface area (Å²) < 4.78 is 1.60. The quantitative estimate of drug-likeness (QED) is 0.714. The van der Waals surface area contributed by atoms with Gasteiger partial charge in [-0.25, -0.2) is 4.79 Å². The maximum Gasteiger partial charge on any atom is 0.335 e. The number of aryl methyl sites for hydroxylation is 1. The third-order valence-electron chi connectivity index (χ3n) is 2.64. The molecule has 0 aliphatic rings. The molecule has 1 aromatic carbocycles. The van der Waals surface area contributed by atoms with E-state index in [0.29, 0.717) is 6.54 Å². The molecule has 1 heterocycles. The number of phenolic OH excluding ortho intramolecular Hbond substituents is 1. The number of benzene rings is 1. The molecule has 0 aliphatic heterocycles. The molecular weight excluding hydrogens is 262 g/mol. The van der Waals surface area contributed by atoms with E-state index in [1.807, 2.05) is 0 Å². The molecule has 2 rings (SSSR count). The molecule has 0 fully saturated rings. The van der Waals surface area contributed by atoms with Crippen LogP contribution in [0.5, 0.6) is 5.75 Å². The number of phenols is 1. The summed E-state index contributed by atoms with van der Waals surface area (Å²) >= 11 is 0. The second-order valence-corrected chi connectivity index (χ2v) is 4.10. The maximum absolute atomic E-state index is 11.7. The average molecular weight is 275 g/mol. The highest BCUT2D eigenvalue weighted by atomic mass is 16.4. The number of nitrogens with one attached hydrogen (secondary N) is 1. The van der Waals surface area contributed by atoms with Crippen molar-refractivity contribution in [2.24, 2.45) is 0 Å². The fourth-order valence-electron chi connectivity index (χ4n) is 1.63. The number of carbonyl (C=O) groups is 2. The molecule has 7 heteroatoms. The summed E-state index contributed by atoms with van der Waals surface area (Å²) in [5.74, 6) is -1.64. The molecule has 0 saturated carbocycles. The number of carbonyl (C=O) groups excluding carboxylic acids is 1. The Hall–Kier alpha value is -2.83. The van der Waals surface area contributed by atoms with Crippen LogP contribution < -0.4 is 5.32 Å². The second kappa shape index (κ2) is 5.87. The monoisotopic (exact) mass is 275 g/mol. The number of carboxylic acid groups (broad SMARTS) is 1. The Balaban J connectivity index is 2.00. The lowest BCUT2D eigenvalue weighted by Gasteiger charge is -2.08. The smallest absolute Gasteiger partial charge is 0.335 e. The Kier molecular flexibility index (Phi) is 3.99. The van der Waals surface area contributed by atoms with E-state index < -0.39 is 5.97 Å². The van der Waals surface area contributed by atoms with Crippen LogP contribution in [0.2, 0.25) is 0 Å². The van der Waals surface area contributed by atoms with Gasteiger partial charge in [0.25, 0.3) is 0 Å². The van der Waals surface area contributed by atoms with Gasteiger partial charge in [0.05, 0.1) is 11.3 Å². The van der Waals surface area contributed by atoms with Crippen molar-refractivity contribution in [1.82, 2.24) is 9.78 Å². The molecular formula is C13H13N3O4. The van der Waals surface area contributed by atoms with E-state index in [1.54, 1.807) is 23.1 Å². The van der Waals surface area contributed by atoms with Gasteiger partial charge in [0.15, 0.2) is 0 Å². The zero-order chi connectivity index (χ0) is 14.5. The molecule has 1 aromatic heterocycles. The topological polar surface area (TPSA) is 104 Å². The minimum absolute atomic E-state index is 0.00910. The van der Waals surface area contributed by atoms with Crippen molar-refractivity contribution >= 4 is 17.6 Å². The molecule has 0 saturated heterocycles. The Morgan fingerprint density at radius 3 is 2.80 bits per heavy atom. The van der Waals surface area contributed by atoms with E-state index in [4.69, 9.17) is 5.11 Å². The molecule has 0 spiro atoms. The normalized spacial score (nSPS) is 10.2. The second-order valence-electron chi connectivity index (χ2n) is 4.10. The Labute approximate surface area is 114 Å². The van der Waals surface area contributed by atoms with Gasteiger partial charge in [-0.3, -0.25) is 9.48 Å². The number of hydrogen-bond acceptors (Lipinski definition) is 4. The highest BCUT2D eigenvalue weighted by Crippen LogP contribution is 2.24. The van der Waals surface area contributed by atoms with Gasteiger partial charge in [-0.2, -0.15) is 5.10 Å². The van der Waals surface area contributed by atoms with Crippen LogP contribution in [-0.2, 0) is 11.3 Å². The zero-order valence-electron chi connectivity index (χ0n) is 10.5.